The Morgan fingerprint density at radius 2 is 1.89 bits per heavy atom. The maximum absolute atomic E-state index is 7.74. The van der Waals surface area contributed by atoms with Crippen LogP contribution in [0, 0.1) is 10.8 Å². The lowest BCUT2D eigenvalue weighted by atomic mass is 10.2. The molecule has 0 atom stereocenters. The van der Waals surface area contributed by atoms with Crippen molar-refractivity contribution >= 4 is 17.6 Å². The highest BCUT2D eigenvalue weighted by Crippen LogP contribution is 2.08. The number of likely N-dealkylation sites (tertiary alicyclic amines) is 1. The van der Waals surface area contributed by atoms with Crippen LogP contribution in [0.15, 0.2) is 24.3 Å². The van der Waals surface area contributed by atoms with Crippen LogP contribution >= 0.6 is 0 Å². The van der Waals surface area contributed by atoms with Gasteiger partial charge in [-0.2, -0.15) is 0 Å². The van der Waals surface area contributed by atoms with Gasteiger partial charge in [0.15, 0.2) is 11.9 Å². The molecule has 1 saturated heterocycles. The molecule has 6 heteroatoms. The van der Waals surface area contributed by atoms with E-state index in [1.807, 2.05) is 36.2 Å². The van der Waals surface area contributed by atoms with Crippen molar-refractivity contribution in [2.45, 2.75) is 13.0 Å². The molecule has 1 aromatic carbocycles. The Morgan fingerprint density at radius 3 is 2.42 bits per heavy atom. The molecule has 0 aliphatic carbocycles. The van der Waals surface area contributed by atoms with Gasteiger partial charge in [0, 0.05) is 32.4 Å². The van der Waals surface area contributed by atoms with E-state index in [4.69, 9.17) is 10.8 Å². The predicted octanol–water partition coefficient (Wildman–Crippen LogP) is 0.983. The lowest BCUT2D eigenvalue weighted by Gasteiger charge is -2.33. The van der Waals surface area contributed by atoms with Crippen LogP contribution < -0.4 is 16.0 Å². The highest BCUT2D eigenvalue weighted by molar-refractivity contribution is 5.95. The minimum atomic E-state index is 0.162. The Morgan fingerprint density at radius 1 is 1.21 bits per heavy atom. The second kappa shape index (κ2) is 6.08. The second-order valence-electron chi connectivity index (χ2n) is 4.49. The number of rotatable bonds is 3. The van der Waals surface area contributed by atoms with Gasteiger partial charge < -0.3 is 15.5 Å². The van der Waals surface area contributed by atoms with Gasteiger partial charge >= 0.3 is 0 Å². The van der Waals surface area contributed by atoms with Crippen molar-refractivity contribution in [3.63, 3.8) is 0 Å². The lowest BCUT2D eigenvalue weighted by molar-refractivity contribution is 0.291. The summed E-state index contributed by atoms with van der Waals surface area (Å²) in [4.78, 5) is 1.90. The molecule has 1 aromatic rings. The molecule has 0 radical (unpaired) electrons. The van der Waals surface area contributed by atoms with Crippen LogP contribution in [0.1, 0.15) is 12.0 Å². The fourth-order valence-electron chi connectivity index (χ4n) is 1.76. The molecule has 102 valence electrons. The topological polar surface area (TPSA) is 87.0 Å². The average Bonchev–Trinajstić information content (AvgIpc) is 2.34. The van der Waals surface area contributed by atoms with Crippen molar-refractivity contribution in [3.05, 3.63) is 29.8 Å². The summed E-state index contributed by atoms with van der Waals surface area (Å²) in [7, 11) is 1.88. The molecule has 0 amide bonds. The molecular weight excluding hydrogens is 240 g/mol. The van der Waals surface area contributed by atoms with Crippen molar-refractivity contribution in [2.75, 3.05) is 25.5 Å². The van der Waals surface area contributed by atoms with Gasteiger partial charge in [-0.25, -0.2) is 0 Å². The third-order valence-corrected chi connectivity index (χ3v) is 3.13. The number of hydrogen-bond acceptors (Lipinski definition) is 3. The van der Waals surface area contributed by atoms with E-state index in [2.05, 4.69) is 16.0 Å². The van der Waals surface area contributed by atoms with E-state index in [1.54, 1.807) is 0 Å². The van der Waals surface area contributed by atoms with E-state index in [1.165, 1.54) is 0 Å². The van der Waals surface area contributed by atoms with Crippen LogP contribution in [0.4, 0.5) is 5.69 Å². The minimum absolute atomic E-state index is 0.162. The van der Waals surface area contributed by atoms with Gasteiger partial charge in [0.05, 0.1) is 0 Å². The Balaban J connectivity index is 1.74. The Labute approximate surface area is 113 Å². The molecule has 19 heavy (non-hydrogen) atoms. The zero-order chi connectivity index (χ0) is 13.7. The molecule has 1 aliphatic heterocycles. The molecule has 0 bridgehead atoms. The van der Waals surface area contributed by atoms with Crippen LogP contribution in [-0.2, 0) is 6.54 Å². The summed E-state index contributed by atoms with van der Waals surface area (Å²) in [6.07, 6.45) is 1.13. The van der Waals surface area contributed by atoms with Gasteiger partial charge in [0.25, 0.3) is 0 Å². The SMILES string of the molecule is CNc1ccc(CNC(=N)NC(=N)N2CCC2)cc1. The second-order valence-corrected chi connectivity index (χ2v) is 4.49. The van der Waals surface area contributed by atoms with E-state index in [-0.39, 0.29) is 5.96 Å². The van der Waals surface area contributed by atoms with E-state index < -0.39 is 0 Å². The normalized spacial score (nSPS) is 13.4. The number of benzene rings is 1. The van der Waals surface area contributed by atoms with Gasteiger partial charge in [-0.1, -0.05) is 12.1 Å². The van der Waals surface area contributed by atoms with Gasteiger partial charge in [0.1, 0.15) is 0 Å². The van der Waals surface area contributed by atoms with Gasteiger partial charge in [-0.15, -0.1) is 0 Å². The maximum Gasteiger partial charge on any atom is 0.197 e. The highest BCUT2D eigenvalue weighted by atomic mass is 15.3. The summed E-state index contributed by atoms with van der Waals surface area (Å²) in [5.41, 5.74) is 2.16. The van der Waals surface area contributed by atoms with Gasteiger partial charge in [0.2, 0.25) is 0 Å². The first-order valence-corrected chi connectivity index (χ1v) is 6.38. The quantitative estimate of drug-likeness (QED) is 0.414. The summed E-state index contributed by atoms with van der Waals surface area (Å²) in [5, 5.41) is 24.2. The molecule has 0 saturated carbocycles. The molecule has 0 spiro atoms. The third kappa shape index (κ3) is 3.61. The van der Waals surface area contributed by atoms with E-state index in [0.717, 1.165) is 30.8 Å². The predicted molar refractivity (Wildman–Crippen MR) is 77.6 cm³/mol. The van der Waals surface area contributed by atoms with Crippen LogP contribution in [0.5, 0.6) is 0 Å². The fourth-order valence-corrected chi connectivity index (χ4v) is 1.76. The number of nitrogens with one attached hydrogen (secondary N) is 5. The third-order valence-electron chi connectivity index (χ3n) is 3.13. The van der Waals surface area contributed by atoms with Crippen molar-refractivity contribution in [3.8, 4) is 0 Å². The van der Waals surface area contributed by atoms with Crippen molar-refractivity contribution < 1.29 is 0 Å². The minimum Gasteiger partial charge on any atom is -0.388 e. The maximum atomic E-state index is 7.74. The van der Waals surface area contributed by atoms with Gasteiger partial charge in [-0.05, 0) is 24.1 Å². The Bertz CT molecular complexity index is 449. The summed E-state index contributed by atoms with van der Waals surface area (Å²) < 4.78 is 0. The van der Waals surface area contributed by atoms with E-state index >= 15 is 0 Å². The van der Waals surface area contributed by atoms with E-state index in [0.29, 0.717) is 12.5 Å². The monoisotopic (exact) mass is 260 g/mol. The molecule has 1 aliphatic rings. The molecule has 1 fully saturated rings. The first kappa shape index (κ1) is 13.2. The summed E-state index contributed by atoms with van der Waals surface area (Å²) >= 11 is 0. The standard InChI is InChI=1S/C13H20N6/c1-16-11-5-3-10(4-6-11)9-17-12(14)18-13(15)19-7-2-8-19/h3-6,16H,2,7-9H2,1H3,(H4,14,15,17,18). The zero-order valence-corrected chi connectivity index (χ0v) is 11.1. The van der Waals surface area contributed by atoms with Crippen molar-refractivity contribution in [1.82, 2.24) is 15.5 Å². The molecule has 0 aromatic heterocycles. The van der Waals surface area contributed by atoms with Crippen molar-refractivity contribution in [2.24, 2.45) is 0 Å². The van der Waals surface area contributed by atoms with Crippen LogP contribution in [0.2, 0.25) is 0 Å². The summed E-state index contributed by atoms with van der Waals surface area (Å²) in [6.45, 7) is 2.39. The highest BCUT2D eigenvalue weighted by Gasteiger charge is 2.17. The van der Waals surface area contributed by atoms with Gasteiger partial charge in [-0.3, -0.25) is 16.1 Å². The first-order valence-electron chi connectivity index (χ1n) is 6.38. The number of anilines is 1. The average molecular weight is 260 g/mol. The largest absolute Gasteiger partial charge is 0.388 e. The Kier molecular flexibility index (Phi) is 4.22. The lowest BCUT2D eigenvalue weighted by Crippen LogP contribution is -2.52. The summed E-state index contributed by atoms with van der Waals surface area (Å²) in [5.74, 6) is 0.462. The number of hydrogen-bond donors (Lipinski definition) is 5. The molecule has 0 unspecified atom stereocenters. The molecule has 2 rings (SSSR count). The zero-order valence-electron chi connectivity index (χ0n) is 11.1. The van der Waals surface area contributed by atoms with Crippen LogP contribution in [0.3, 0.4) is 0 Å². The number of nitrogens with zero attached hydrogens (tertiary/aromatic N) is 1. The molecular formula is C13H20N6. The van der Waals surface area contributed by atoms with Crippen LogP contribution in [-0.4, -0.2) is 37.0 Å². The Hall–Kier alpha value is -2.24. The summed E-state index contributed by atoms with van der Waals surface area (Å²) in [6, 6.07) is 8.01. The van der Waals surface area contributed by atoms with E-state index in [9.17, 15) is 0 Å². The first-order chi connectivity index (χ1) is 9.19. The van der Waals surface area contributed by atoms with Crippen molar-refractivity contribution in [1.29, 1.82) is 10.8 Å². The fraction of sp³-hybridized carbons (Fsp3) is 0.385. The smallest absolute Gasteiger partial charge is 0.197 e. The number of guanidine groups is 2. The van der Waals surface area contributed by atoms with Crippen LogP contribution in [0.25, 0.3) is 0 Å². The molecule has 5 N–H and O–H groups in total. The molecule has 1 heterocycles. The molecule has 6 nitrogen and oxygen atoms in total.